The van der Waals surface area contributed by atoms with E-state index in [0.29, 0.717) is 34.7 Å². The van der Waals surface area contributed by atoms with Crippen molar-refractivity contribution in [2.24, 2.45) is 57.8 Å². The molecule has 0 heterocycles. The van der Waals surface area contributed by atoms with Gasteiger partial charge in [0.1, 0.15) is 0 Å². The number of carbonyl (C=O) groups is 1. The molecule has 6 nitrogen and oxygen atoms in total. The van der Waals surface area contributed by atoms with E-state index in [0.717, 1.165) is 94.5 Å². The number of amides is 1. The highest BCUT2D eigenvalue weighted by Gasteiger charge is 2.60. The Morgan fingerprint density at radius 1 is 0.800 bits per heavy atom. The summed E-state index contributed by atoms with van der Waals surface area (Å²) >= 11 is 0. The van der Waals surface area contributed by atoms with E-state index in [1.807, 2.05) is 0 Å². The molecule has 5 aliphatic carbocycles. The molecule has 0 aromatic rings. The van der Waals surface area contributed by atoms with Gasteiger partial charge in [0.15, 0.2) is 0 Å². The van der Waals surface area contributed by atoms with Crippen molar-refractivity contribution in [3.63, 3.8) is 0 Å². The zero-order valence-electron chi connectivity index (χ0n) is 29.8. The van der Waals surface area contributed by atoms with Gasteiger partial charge < -0.3 is 27.0 Å². The van der Waals surface area contributed by atoms with E-state index in [1.165, 1.54) is 96.3 Å². The van der Waals surface area contributed by atoms with Crippen molar-refractivity contribution in [3.8, 4) is 0 Å². The summed E-state index contributed by atoms with van der Waals surface area (Å²) in [7, 11) is 0. The Balaban J connectivity index is 1.08. The molecular weight excluding hydrogens is 554 g/mol. The summed E-state index contributed by atoms with van der Waals surface area (Å²) in [6.07, 6.45) is 24.3. The van der Waals surface area contributed by atoms with Crippen molar-refractivity contribution in [1.29, 1.82) is 0 Å². The normalized spacial score (nSPS) is 37.6. The van der Waals surface area contributed by atoms with Crippen molar-refractivity contribution in [2.75, 3.05) is 39.3 Å². The molecule has 5 saturated carbocycles. The van der Waals surface area contributed by atoms with Gasteiger partial charge in [-0.1, -0.05) is 40.0 Å². The van der Waals surface area contributed by atoms with E-state index in [2.05, 4.69) is 36.3 Å². The van der Waals surface area contributed by atoms with Gasteiger partial charge in [0.2, 0.25) is 5.91 Å². The summed E-state index contributed by atoms with van der Waals surface area (Å²) in [5.74, 6) is 5.47. The third-order valence-electron chi connectivity index (χ3n) is 14.7. The summed E-state index contributed by atoms with van der Waals surface area (Å²) in [6, 6.07) is 1.16. The minimum absolute atomic E-state index is 0.320. The lowest BCUT2D eigenvalue weighted by molar-refractivity contribution is -0.123. The average molecular weight is 628 g/mol. The minimum atomic E-state index is 0.320. The lowest BCUT2D eigenvalue weighted by atomic mass is 9.44. The van der Waals surface area contributed by atoms with Gasteiger partial charge in [-0.05, 0) is 182 Å². The lowest BCUT2D eigenvalue weighted by Crippen LogP contribution is -2.55. The Labute approximate surface area is 277 Å². The third kappa shape index (κ3) is 8.49. The van der Waals surface area contributed by atoms with Gasteiger partial charge in [-0.3, -0.25) is 4.79 Å². The fraction of sp³-hybridized carbons (Fsp3) is 0.974. The first kappa shape index (κ1) is 35.6. The smallest absolute Gasteiger partial charge is 0.220 e. The van der Waals surface area contributed by atoms with Crippen LogP contribution in [0.15, 0.2) is 0 Å². The molecule has 5 rings (SSSR count). The Hall–Kier alpha value is -0.690. The zero-order chi connectivity index (χ0) is 31.9. The molecular formula is C39H73N5O. The van der Waals surface area contributed by atoms with Crippen LogP contribution < -0.4 is 22.1 Å². The highest BCUT2D eigenvalue weighted by molar-refractivity contribution is 5.76. The highest BCUT2D eigenvalue weighted by atomic mass is 16.1. The molecule has 0 bridgehead atoms. The SMILES string of the molecule is C[C@H](CCC(=O)NC1CCCCC1)[C@H]1CCC2C3CCC4C[C@@H](NCCCN(CCCN)CCCN)CC[C@]4(C)C3CC[C@@]21C. The van der Waals surface area contributed by atoms with Crippen LogP contribution in [0.25, 0.3) is 0 Å². The Morgan fingerprint density at radius 2 is 1.49 bits per heavy atom. The molecule has 6 heteroatoms. The van der Waals surface area contributed by atoms with E-state index < -0.39 is 0 Å². The van der Waals surface area contributed by atoms with Gasteiger partial charge in [0.05, 0.1) is 0 Å². The van der Waals surface area contributed by atoms with E-state index in [4.69, 9.17) is 11.5 Å². The fourth-order valence-corrected chi connectivity index (χ4v) is 12.1. The van der Waals surface area contributed by atoms with Crippen LogP contribution in [-0.2, 0) is 4.79 Å². The van der Waals surface area contributed by atoms with Crippen LogP contribution in [0.3, 0.4) is 0 Å². The predicted octanol–water partition coefficient (Wildman–Crippen LogP) is 6.86. The average Bonchev–Trinajstić information content (AvgIpc) is 3.40. The van der Waals surface area contributed by atoms with Gasteiger partial charge in [-0.2, -0.15) is 0 Å². The molecule has 0 saturated heterocycles. The standard InChI is InChI=1S/C39H73N5O/c1-29(12-17-37(45)43-31-10-5-4-6-11-31)34-15-16-35-33-14-13-30-28-32(18-20-38(30,2)36(33)19-21-39(34,35)3)42-24-9-27-44(25-7-22-40)26-8-23-41/h29-36,42H,4-28,40-41H2,1-3H3,(H,43,45)/t29-,30?,32+,33?,34-,35?,36?,38+,39-/m1/s1. The Morgan fingerprint density at radius 3 is 2.22 bits per heavy atom. The molecule has 0 radical (unpaired) electrons. The lowest BCUT2D eigenvalue weighted by Gasteiger charge is -2.61. The van der Waals surface area contributed by atoms with Gasteiger partial charge in [0, 0.05) is 18.5 Å². The minimum Gasteiger partial charge on any atom is -0.353 e. The number of rotatable bonds is 16. The van der Waals surface area contributed by atoms with Crippen LogP contribution in [0.5, 0.6) is 0 Å². The van der Waals surface area contributed by atoms with Crippen molar-refractivity contribution < 1.29 is 4.79 Å². The topological polar surface area (TPSA) is 96.4 Å². The summed E-state index contributed by atoms with van der Waals surface area (Å²) in [5, 5.41) is 7.39. The summed E-state index contributed by atoms with van der Waals surface area (Å²) in [5.41, 5.74) is 12.6. The number of fused-ring (bicyclic) bond motifs is 5. The number of hydrogen-bond acceptors (Lipinski definition) is 5. The fourth-order valence-electron chi connectivity index (χ4n) is 12.1. The number of carbonyl (C=O) groups excluding carboxylic acids is 1. The molecule has 5 aliphatic rings. The summed E-state index contributed by atoms with van der Waals surface area (Å²) < 4.78 is 0. The second-order valence-electron chi connectivity index (χ2n) is 17.2. The first-order chi connectivity index (χ1) is 21.8. The van der Waals surface area contributed by atoms with Crippen LogP contribution in [0.1, 0.15) is 143 Å². The first-order valence-corrected chi connectivity index (χ1v) is 19.9. The van der Waals surface area contributed by atoms with Gasteiger partial charge in [-0.15, -0.1) is 0 Å². The first-order valence-electron chi connectivity index (χ1n) is 19.9. The molecule has 6 N–H and O–H groups in total. The molecule has 0 spiro atoms. The number of nitrogens with one attached hydrogen (secondary N) is 2. The second kappa shape index (κ2) is 16.6. The molecule has 260 valence electrons. The van der Waals surface area contributed by atoms with Gasteiger partial charge >= 0.3 is 0 Å². The molecule has 4 unspecified atom stereocenters. The third-order valence-corrected chi connectivity index (χ3v) is 14.7. The maximum absolute atomic E-state index is 12.8. The molecule has 9 atom stereocenters. The van der Waals surface area contributed by atoms with Crippen LogP contribution in [0.2, 0.25) is 0 Å². The maximum Gasteiger partial charge on any atom is 0.220 e. The quantitative estimate of drug-likeness (QED) is 0.140. The van der Waals surface area contributed by atoms with Crippen molar-refractivity contribution in [3.05, 3.63) is 0 Å². The van der Waals surface area contributed by atoms with E-state index in [-0.39, 0.29) is 0 Å². The number of hydrogen-bond donors (Lipinski definition) is 4. The number of nitrogens with zero attached hydrogens (tertiary/aromatic N) is 1. The van der Waals surface area contributed by atoms with Crippen LogP contribution in [0.4, 0.5) is 0 Å². The second-order valence-corrected chi connectivity index (χ2v) is 17.2. The Bertz CT molecular complexity index is 900. The van der Waals surface area contributed by atoms with Crippen LogP contribution in [-0.4, -0.2) is 62.2 Å². The van der Waals surface area contributed by atoms with E-state index in [9.17, 15) is 4.79 Å². The van der Waals surface area contributed by atoms with E-state index in [1.54, 1.807) is 0 Å². The monoisotopic (exact) mass is 628 g/mol. The van der Waals surface area contributed by atoms with Gasteiger partial charge in [-0.25, -0.2) is 0 Å². The highest BCUT2D eigenvalue weighted by Crippen LogP contribution is 2.68. The summed E-state index contributed by atoms with van der Waals surface area (Å²) in [4.78, 5) is 15.4. The molecule has 1 amide bonds. The maximum atomic E-state index is 12.8. The summed E-state index contributed by atoms with van der Waals surface area (Å²) in [6.45, 7) is 14.0. The van der Waals surface area contributed by atoms with Crippen molar-refractivity contribution in [2.45, 2.75) is 155 Å². The molecule has 0 aromatic heterocycles. The molecule has 0 aliphatic heterocycles. The van der Waals surface area contributed by atoms with Crippen molar-refractivity contribution >= 4 is 5.91 Å². The molecule has 0 aromatic carbocycles. The van der Waals surface area contributed by atoms with Crippen LogP contribution >= 0.6 is 0 Å². The van der Waals surface area contributed by atoms with E-state index >= 15 is 0 Å². The predicted molar refractivity (Wildman–Crippen MR) is 189 cm³/mol. The van der Waals surface area contributed by atoms with Crippen molar-refractivity contribution in [1.82, 2.24) is 15.5 Å². The molecule has 45 heavy (non-hydrogen) atoms. The van der Waals surface area contributed by atoms with Gasteiger partial charge in [0.25, 0.3) is 0 Å². The molecule has 5 fully saturated rings. The largest absolute Gasteiger partial charge is 0.353 e. The van der Waals surface area contributed by atoms with Crippen LogP contribution in [0, 0.1) is 46.3 Å². The Kier molecular flexibility index (Phi) is 13.1. The number of nitrogens with two attached hydrogens (primary N) is 2. The zero-order valence-corrected chi connectivity index (χ0v) is 29.8.